The number of aromatic hydroxyl groups is 2. The summed E-state index contributed by atoms with van der Waals surface area (Å²) in [7, 11) is 1.68. The topological polar surface area (TPSA) is 127 Å². The summed E-state index contributed by atoms with van der Waals surface area (Å²) in [6.07, 6.45) is 17.3. The Labute approximate surface area is 359 Å². The second kappa shape index (κ2) is 20.2. The molecule has 61 heavy (non-hydrogen) atoms. The predicted molar refractivity (Wildman–Crippen MR) is 240 cm³/mol. The Morgan fingerprint density at radius 2 is 1.70 bits per heavy atom. The van der Waals surface area contributed by atoms with Crippen molar-refractivity contribution >= 4 is 16.6 Å². The lowest BCUT2D eigenvalue weighted by atomic mass is 9.68. The van der Waals surface area contributed by atoms with Crippen LogP contribution in [-0.2, 0) is 39.1 Å². The van der Waals surface area contributed by atoms with Gasteiger partial charge in [0.25, 0.3) is 0 Å². The third kappa shape index (κ3) is 10.5. The van der Waals surface area contributed by atoms with Crippen LogP contribution in [0.25, 0.3) is 16.6 Å². The normalized spacial score (nSPS) is 20.7. The fraction of sp³-hybridized carbons (Fsp3) is 0.412. The molecule has 5 N–H and O–H groups in total. The van der Waals surface area contributed by atoms with E-state index in [0.717, 1.165) is 84.7 Å². The minimum absolute atomic E-state index is 0.0907. The van der Waals surface area contributed by atoms with E-state index in [-0.39, 0.29) is 30.0 Å². The zero-order valence-electron chi connectivity index (χ0n) is 35.4. The van der Waals surface area contributed by atoms with Gasteiger partial charge in [-0.15, -0.1) is 0 Å². The molecule has 4 bridgehead atoms. The van der Waals surface area contributed by atoms with E-state index in [1.54, 1.807) is 25.3 Å². The fourth-order valence-electron chi connectivity index (χ4n) is 9.24. The van der Waals surface area contributed by atoms with Crippen molar-refractivity contribution in [1.82, 2.24) is 15.2 Å². The first-order valence-corrected chi connectivity index (χ1v) is 22.1. The van der Waals surface area contributed by atoms with E-state index in [4.69, 9.17) is 18.9 Å². The lowest BCUT2D eigenvalue weighted by molar-refractivity contribution is 0.0171. The number of aliphatic hydroxyl groups is 1. The van der Waals surface area contributed by atoms with Crippen molar-refractivity contribution in [1.29, 1.82) is 0 Å². The highest BCUT2D eigenvalue weighted by Crippen LogP contribution is 2.43. The number of ether oxygens (including phenoxy) is 4. The smallest absolute Gasteiger partial charge is 0.161 e. The van der Waals surface area contributed by atoms with Gasteiger partial charge in [0.05, 0.1) is 31.7 Å². The van der Waals surface area contributed by atoms with E-state index >= 15 is 0 Å². The molecular formula is C51H61N3O7. The number of nitrogens with zero attached hydrogens (tertiary/aromatic N) is 1. The molecule has 4 heterocycles. The predicted octanol–water partition coefficient (Wildman–Crippen LogP) is 8.85. The molecule has 5 aromatic rings. The number of unbranched alkanes of at least 4 members (excludes halogenated alkanes) is 3. The van der Waals surface area contributed by atoms with Crippen LogP contribution in [0, 0.1) is 0 Å². The number of aliphatic hydroxyl groups excluding tert-OH is 1. The molecule has 1 saturated heterocycles. The van der Waals surface area contributed by atoms with Crippen molar-refractivity contribution in [3.63, 3.8) is 0 Å². The highest BCUT2D eigenvalue weighted by molar-refractivity contribution is 5.88. The van der Waals surface area contributed by atoms with E-state index in [0.29, 0.717) is 57.3 Å². The minimum atomic E-state index is -0.558. The molecule has 0 saturated carbocycles. The lowest BCUT2D eigenvalue weighted by Crippen LogP contribution is -2.43. The maximum absolute atomic E-state index is 11.4. The van der Waals surface area contributed by atoms with Crippen molar-refractivity contribution in [2.75, 3.05) is 33.7 Å². The number of benzene rings is 4. The highest BCUT2D eigenvalue weighted by Gasteiger charge is 2.37. The number of nitrogens with one attached hydrogen (secondary N) is 2. The largest absolute Gasteiger partial charge is 0.508 e. The van der Waals surface area contributed by atoms with Crippen LogP contribution in [-0.4, -0.2) is 71.9 Å². The first-order valence-electron chi connectivity index (χ1n) is 22.1. The van der Waals surface area contributed by atoms with Gasteiger partial charge in [0.2, 0.25) is 0 Å². The summed E-state index contributed by atoms with van der Waals surface area (Å²) in [6.45, 7) is 2.38. The molecule has 1 unspecified atom stereocenters. The Morgan fingerprint density at radius 1 is 0.885 bits per heavy atom. The minimum Gasteiger partial charge on any atom is -0.508 e. The monoisotopic (exact) mass is 827 g/mol. The standard InChI is InChI=1S/C51H61N3O7/c1-58-35-52-49-22-17-38-33-60-45(12-8-3-2-5-9-36-13-18-43(55)19-14-36)30-44(56)20-15-37-16-21-47(57)48(27-37)61-34-40-29-42(28-39-31-54(32-46(39)40)50(38)53-49)51(23-25-59-26-24-51)41-10-6-4-7-11-41/h4,6-7,10-11,13-14,16-19,21-22,27-29,31-32,44-45,49,52-53,55-57H,2-3,5,8-9,12,15,20,23-26,30,33-35H2,1H3/t44-,45+,49?/m1/s1. The van der Waals surface area contributed by atoms with Crippen molar-refractivity contribution in [3.8, 4) is 17.2 Å². The molecule has 0 amide bonds. The van der Waals surface area contributed by atoms with Crippen LogP contribution in [0.1, 0.15) is 85.6 Å². The van der Waals surface area contributed by atoms with Gasteiger partial charge in [-0.25, -0.2) is 0 Å². The quantitative estimate of drug-likeness (QED) is 0.0620. The zero-order chi connectivity index (χ0) is 42.0. The van der Waals surface area contributed by atoms with Crippen molar-refractivity contribution < 1.29 is 34.3 Å². The van der Waals surface area contributed by atoms with Crippen LogP contribution in [0.3, 0.4) is 0 Å². The molecule has 10 nitrogen and oxygen atoms in total. The molecular weight excluding hydrogens is 767 g/mol. The number of phenolic OH excluding ortho intramolecular Hbond substituents is 2. The number of fused-ring (bicyclic) bond motifs is 4. The number of hydrogen-bond acceptors (Lipinski definition) is 9. The van der Waals surface area contributed by atoms with Crippen molar-refractivity contribution in [2.24, 2.45) is 0 Å². The summed E-state index contributed by atoms with van der Waals surface area (Å²) in [5.41, 5.74) is 6.54. The number of hydrogen-bond donors (Lipinski definition) is 5. The Balaban J connectivity index is 1.13. The lowest BCUT2D eigenvalue weighted by Gasteiger charge is -2.39. The molecule has 10 heteroatoms. The van der Waals surface area contributed by atoms with E-state index in [9.17, 15) is 15.3 Å². The van der Waals surface area contributed by atoms with Crippen LogP contribution in [0.15, 0.2) is 115 Å². The summed E-state index contributed by atoms with van der Waals surface area (Å²) in [6, 6.07) is 28.4. The van der Waals surface area contributed by atoms with Gasteiger partial charge < -0.3 is 44.2 Å². The van der Waals surface area contributed by atoms with Crippen LogP contribution >= 0.6 is 0 Å². The van der Waals surface area contributed by atoms with Crippen LogP contribution < -0.4 is 15.4 Å². The Hall–Kier alpha value is -5.10. The molecule has 322 valence electrons. The molecule has 0 aliphatic carbocycles. The maximum Gasteiger partial charge on any atom is 0.161 e. The van der Waals surface area contributed by atoms with E-state index in [2.05, 4.69) is 82.2 Å². The molecule has 3 aliphatic heterocycles. The van der Waals surface area contributed by atoms with Gasteiger partial charge in [-0.05, 0) is 116 Å². The van der Waals surface area contributed by atoms with Gasteiger partial charge in [-0.1, -0.05) is 79.9 Å². The SMILES string of the molecule is COCNC1C=CC2=C(N1)n1cc3cc(C4(c5ccccc5)CCOCC4)cc(c3c1)COc1cc(ccc1O)CC[C@@H](O)C[C@H](CCCCCCc1ccc(O)cc1)OC2. The summed E-state index contributed by atoms with van der Waals surface area (Å²) in [4.78, 5) is 0. The summed E-state index contributed by atoms with van der Waals surface area (Å²) in [5.74, 6) is 1.72. The average molecular weight is 828 g/mol. The van der Waals surface area contributed by atoms with Crippen molar-refractivity contribution in [3.05, 3.63) is 143 Å². The van der Waals surface area contributed by atoms with Gasteiger partial charge in [-0.2, -0.15) is 0 Å². The number of methoxy groups -OCH3 is 1. The molecule has 1 fully saturated rings. The van der Waals surface area contributed by atoms with Gasteiger partial charge in [-0.3, -0.25) is 5.32 Å². The van der Waals surface area contributed by atoms with E-state index in [1.165, 1.54) is 16.7 Å². The Kier molecular flexibility index (Phi) is 14.1. The highest BCUT2D eigenvalue weighted by atomic mass is 16.5. The maximum atomic E-state index is 11.4. The first-order chi connectivity index (χ1) is 29.9. The summed E-state index contributed by atoms with van der Waals surface area (Å²) in [5, 5.41) is 41.4. The van der Waals surface area contributed by atoms with Gasteiger partial charge in [0.15, 0.2) is 11.5 Å². The van der Waals surface area contributed by atoms with Gasteiger partial charge in [0, 0.05) is 54.5 Å². The van der Waals surface area contributed by atoms with E-state index < -0.39 is 6.10 Å². The van der Waals surface area contributed by atoms with E-state index in [1.807, 2.05) is 24.3 Å². The second-order valence-electron chi connectivity index (χ2n) is 16.9. The summed E-state index contributed by atoms with van der Waals surface area (Å²) < 4.78 is 26.8. The van der Waals surface area contributed by atoms with Crippen molar-refractivity contribution in [2.45, 2.75) is 101 Å². The fourth-order valence-corrected chi connectivity index (χ4v) is 9.24. The number of rotatable bonds is 12. The number of phenols is 2. The third-order valence-electron chi connectivity index (χ3n) is 12.7. The van der Waals surface area contributed by atoms with Crippen LogP contribution in [0.4, 0.5) is 0 Å². The first kappa shape index (κ1) is 42.6. The second-order valence-corrected chi connectivity index (χ2v) is 16.9. The molecule has 3 aliphatic rings. The van der Waals surface area contributed by atoms with Gasteiger partial charge >= 0.3 is 0 Å². The van der Waals surface area contributed by atoms with Gasteiger partial charge in [0.1, 0.15) is 18.2 Å². The average Bonchev–Trinajstić information content (AvgIpc) is 3.73. The third-order valence-corrected chi connectivity index (χ3v) is 12.7. The number of aryl methyl sites for hydroxylation is 2. The number of dihydropyridines is 1. The molecule has 3 atom stereocenters. The van der Waals surface area contributed by atoms with Crippen LogP contribution in [0.2, 0.25) is 0 Å². The summed E-state index contributed by atoms with van der Waals surface area (Å²) >= 11 is 0. The zero-order valence-corrected chi connectivity index (χ0v) is 35.4. The Morgan fingerprint density at radius 3 is 2.52 bits per heavy atom. The molecule has 4 aromatic carbocycles. The number of aromatic nitrogens is 1. The molecule has 0 spiro atoms. The molecule has 0 radical (unpaired) electrons. The Bertz CT molecular complexity index is 2260. The molecule has 1 aromatic heterocycles. The molecule has 8 rings (SSSR count). The van der Waals surface area contributed by atoms with Crippen LogP contribution in [0.5, 0.6) is 17.2 Å².